The smallest absolute Gasteiger partial charge is 0.238 e. The molecule has 0 saturated heterocycles. The molecule has 0 atom stereocenters. The van der Waals surface area contributed by atoms with Crippen molar-refractivity contribution >= 4 is 5.69 Å². The van der Waals surface area contributed by atoms with Gasteiger partial charge in [-0.25, -0.2) is 0 Å². The summed E-state index contributed by atoms with van der Waals surface area (Å²) in [5.74, 6) is 1.19. The molecular weight excluding hydrogens is 214 g/mol. The van der Waals surface area contributed by atoms with Crippen LogP contribution >= 0.6 is 0 Å². The summed E-state index contributed by atoms with van der Waals surface area (Å²) in [5.41, 5.74) is 9.50. The van der Waals surface area contributed by atoms with Crippen LogP contribution in [0.4, 0.5) is 5.69 Å². The third-order valence-electron chi connectivity index (χ3n) is 2.55. The van der Waals surface area contributed by atoms with Crippen molar-refractivity contribution in [1.29, 1.82) is 0 Å². The molecule has 0 bridgehead atoms. The molecule has 1 heterocycles. The van der Waals surface area contributed by atoms with E-state index < -0.39 is 0 Å². The Hall–Kier alpha value is -2.10. The molecule has 0 aliphatic carbocycles. The lowest BCUT2D eigenvalue weighted by Gasteiger charge is -2.10. The molecule has 1 aromatic carbocycles. The molecule has 4 nitrogen and oxygen atoms in total. The Morgan fingerprint density at radius 1 is 1.00 bits per heavy atom. The lowest BCUT2D eigenvalue weighted by atomic mass is 10.1. The molecule has 0 radical (unpaired) electrons. The van der Waals surface area contributed by atoms with Gasteiger partial charge in [0, 0.05) is 17.8 Å². The van der Waals surface area contributed by atoms with Crippen molar-refractivity contribution < 1.29 is 4.74 Å². The molecule has 1 aromatic heterocycles. The van der Waals surface area contributed by atoms with Gasteiger partial charge in [0.2, 0.25) is 5.88 Å². The largest absolute Gasteiger partial charge is 0.437 e. The summed E-state index contributed by atoms with van der Waals surface area (Å²) < 4.78 is 5.65. The van der Waals surface area contributed by atoms with Gasteiger partial charge in [0.1, 0.15) is 5.75 Å². The fourth-order valence-corrected chi connectivity index (χ4v) is 1.51. The van der Waals surface area contributed by atoms with Crippen LogP contribution in [0.15, 0.2) is 24.3 Å². The normalized spacial score (nSPS) is 10.3. The van der Waals surface area contributed by atoms with Gasteiger partial charge in [0.05, 0.1) is 5.69 Å². The molecule has 0 fully saturated rings. The lowest BCUT2D eigenvalue weighted by Crippen LogP contribution is -1.96. The Labute approximate surface area is 100 Å². The van der Waals surface area contributed by atoms with E-state index in [9.17, 15) is 0 Å². The highest BCUT2D eigenvalue weighted by Gasteiger charge is 2.05. The van der Waals surface area contributed by atoms with Crippen molar-refractivity contribution in [3.63, 3.8) is 0 Å². The molecule has 2 N–H and O–H groups in total. The molecule has 2 aromatic rings. The molecule has 0 spiro atoms. The number of nitrogen functional groups attached to an aromatic ring is 1. The maximum absolute atomic E-state index is 5.85. The molecule has 0 amide bonds. The van der Waals surface area contributed by atoms with Gasteiger partial charge in [-0.2, -0.15) is 5.10 Å². The first kappa shape index (κ1) is 11.4. The third kappa shape index (κ3) is 2.53. The Bertz CT molecular complexity index is 535. The minimum Gasteiger partial charge on any atom is -0.437 e. The first-order valence-corrected chi connectivity index (χ1v) is 5.41. The van der Waals surface area contributed by atoms with E-state index in [1.807, 2.05) is 39.0 Å². The predicted octanol–water partition coefficient (Wildman–Crippen LogP) is 2.78. The van der Waals surface area contributed by atoms with E-state index >= 15 is 0 Å². The zero-order chi connectivity index (χ0) is 12.4. The third-order valence-corrected chi connectivity index (χ3v) is 2.55. The standard InChI is InChI=1S/C13H15N3O/c1-8-6-9(2)12(7-11(8)14)17-13-5-4-10(3)15-16-13/h4-7H,14H2,1-3H3. The van der Waals surface area contributed by atoms with Gasteiger partial charge in [-0.15, -0.1) is 5.10 Å². The van der Waals surface area contributed by atoms with Crippen LogP contribution in [0.3, 0.4) is 0 Å². The van der Waals surface area contributed by atoms with E-state index in [1.165, 1.54) is 0 Å². The van der Waals surface area contributed by atoms with Gasteiger partial charge < -0.3 is 10.5 Å². The second kappa shape index (κ2) is 4.41. The maximum atomic E-state index is 5.85. The first-order valence-electron chi connectivity index (χ1n) is 5.41. The van der Waals surface area contributed by atoms with Crippen LogP contribution in [0.1, 0.15) is 16.8 Å². The highest BCUT2D eigenvalue weighted by molar-refractivity contribution is 5.54. The summed E-state index contributed by atoms with van der Waals surface area (Å²) in [6.07, 6.45) is 0. The van der Waals surface area contributed by atoms with Gasteiger partial charge in [-0.05, 0) is 38.0 Å². The van der Waals surface area contributed by atoms with Crippen molar-refractivity contribution in [2.45, 2.75) is 20.8 Å². The molecule has 0 saturated carbocycles. The zero-order valence-corrected chi connectivity index (χ0v) is 10.2. The summed E-state index contributed by atoms with van der Waals surface area (Å²) >= 11 is 0. The van der Waals surface area contributed by atoms with E-state index in [4.69, 9.17) is 10.5 Å². The summed E-state index contributed by atoms with van der Waals surface area (Å²) in [6.45, 7) is 5.83. The molecule has 88 valence electrons. The van der Waals surface area contributed by atoms with Crippen molar-refractivity contribution in [1.82, 2.24) is 10.2 Å². The average Bonchev–Trinajstić information content (AvgIpc) is 2.29. The van der Waals surface area contributed by atoms with Crippen LogP contribution in [0.2, 0.25) is 0 Å². The SMILES string of the molecule is Cc1ccc(Oc2cc(N)c(C)cc2C)nn1. The topological polar surface area (TPSA) is 61.0 Å². The fraction of sp³-hybridized carbons (Fsp3) is 0.231. The second-order valence-electron chi connectivity index (χ2n) is 4.09. The number of benzene rings is 1. The van der Waals surface area contributed by atoms with Crippen LogP contribution in [0, 0.1) is 20.8 Å². The van der Waals surface area contributed by atoms with Gasteiger partial charge in [0.15, 0.2) is 0 Å². The van der Waals surface area contributed by atoms with Gasteiger partial charge in [0.25, 0.3) is 0 Å². The van der Waals surface area contributed by atoms with Crippen molar-refractivity contribution in [2.75, 3.05) is 5.73 Å². The van der Waals surface area contributed by atoms with E-state index in [-0.39, 0.29) is 0 Å². The predicted molar refractivity (Wildman–Crippen MR) is 67.2 cm³/mol. The number of ether oxygens (including phenoxy) is 1. The molecular formula is C13H15N3O. The van der Waals surface area contributed by atoms with Crippen LogP contribution in [0.25, 0.3) is 0 Å². The van der Waals surface area contributed by atoms with Crippen molar-refractivity contribution in [3.8, 4) is 11.6 Å². The fourth-order valence-electron chi connectivity index (χ4n) is 1.51. The minimum atomic E-state index is 0.474. The Balaban J connectivity index is 2.30. The average molecular weight is 229 g/mol. The van der Waals surface area contributed by atoms with E-state index in [0.717, 1.165) is 16.8 Å². The van der Waals surface area contributed by atoms with Gasteiger partial charge in [-0.3, -0.25) is 0 Å². The lowest BCUT2D eigenvalue weighted by molar-refractivity contribution is 0.451. The molecule has 4 heteroatoms. The number of anilines is 1. The second-order valence-corrected chi connectivity index (χ2v) is 4.09. The molecule has 0 aliphatic rings. The molecule has 0 unspecified atom stereocenters. The summed E-state index contributed by atoms with van der Waals surface area (Å²) in [7, 11) is 0. The number of nitrogens with two attached hydrogens (primary N) is 1. The number of aryl methyl sites for hydroxylation is 3. The number of hydrogen-bond donors (Lipinski definition) is 1. The zero-order valence-electron chi connectivity index (χ0n) is 10.2. The number of nitrogens with zero attached hydrogens (tertiary/aromatic N) is 2. The summed E-state index contributed by atoms with van der Waals surface area (Å²) in [5, 5.41) is 7.89. The number of aromatic nitrogens is 2. The quantitative estimate of drug-likeness (QED) is 0.804. The van der Waals surface area contributed by atoms with Crippen LogP contribution in [-0.2, 0) is 0 Å². The first-order chi connectivity index (χ1) is 8.06. The van der Waals surface area contributed by atoms with Gasteiger partial charge in [-0.1, -0.05) is 6.07 Å². The Morgan fingerprint density at radius 3 is 2.41 bits per heavy atom. The van der Waals surface area contributed by atoms with Crippen molar-refractivity contribution in [2.24, 2.45) is 0 Å². The monoisotopic (exact) mass is 229 g/mol. The Morgan fingerprint density at radius 2 is 1.76 bits per heavy atom. The van der Waals surface area contributed by atoms with Crippen LogP contribution < -0.4 is 10.5 Å². The van der Waals surface area contributed by atoms with Crippen LogP contribution in [0.5, 0.6) is 11.6 Å². The molecule has 17 heavy (non-hydrogen) atoms. The number of rotatable bonds is 2. The van der Waals surface area contributed by atoms with E-state index in [0.29, 0.717) is 17.3 Å². The molecule has 2 rings (SSSR count). The highest BCUT2D eigenvalue weighted by Crippen LogP contribution is 2.27. The summed E-state index contributed by atoms with van der Waals surface area (Å²) in [4.78, 5) is 0. The van der Waals surface area contributed by atoms with E-state index in [2.05, 4.69) is 10.2 Å². The van der Waals surface area contributed by atoms with Gasteiger partial charge >= 0.3 is 0 Å². The van der Waals surface area contributed by atoms with Crippen LogP contribution in [-0.4, -0.2) is 10.2 Å². The molecule has 0 aliphatic heterocycles. The van der Waals surface area contributed by atoms with E-state index in [1.54, 1.807) is 6.07 Å². The summed E-state index contributed by atoms with van der Waals surface area (Å²) in [6, 6.07) is 7.45. The highest BCUT2D eigenvalue weighted by atomic mass is 16.5. The Kier molecular flexibility index (Phi) is 2.95. The minimum absolute atomic E-state index is 0.474. The number of hydrogen-bond acceptors (Lipinski definition) is 4. The maximum Gasteiger partial charge on any atom is 0.238 e. The van der Waals surface area contributed by atoms with Crippen molar-refractivity contribution in [3.05, 3.63) is 41.1 Å².